The standard InChI is InChI=1S/C20H16Cl2N2O2/c21-15-5-1-3-13(9-15)12-24-17(11-20(23)26-24)19-8-7-18(25-19)14-4-2-6-16(22)10-14/h1-11,17H,12,23H2. The molecule has 1 aliphatic rings. The molecule has 4 rings (SSSR count). The zero-order valence-corrected chi connectivity index (χ0v) is 15.2. The molecule has 4 nitrogen and oxygen atoms in total. The second-order valence-electron chi connectivity index (χ2n) is 6.02. The van der Waals surface area contributed by atoms with Crippen molar-refractivity contribution >= 4 is 23.2 Å². The van der Waals surface area contributed by atoms with Gasteiger partial charge in [-0.3, -0.25) is 0 Å². The molecule has 0 radical (unpaired) electrons. The molecule has 26 heavy (non-hydrogen) atoms. The van der Waals surface area contributed by atoms with E-state index in [1.165, 1.54) is 0 Å². The maximum atomic E-state index is 6.07. The van der Waals surface area contributed by atoms with Crippen LogP contribution in [0.2, 0.25) is 10.0 Å². The highest BCUT2D eigenvalue weighted by Gasteiger charge is 2.30. The molecule has 2 aromatic carbocycles. The Morgan fingerprint density at radius 1 is 0.962 bits per heavy atom. The molecule has 0 saturated heterocycles. The third kappa shape index (κ3) is 3.58. The first-order valence-corrected chi connectivity index (χ1v) is 8.86. The number of benzene rings is 2. The van der Waals surface area contributed by atoms with Gasteiger partial charge in [-0.2, -0.15) is 0 Å². The van der Waals surface area contributed by atoms with Crippen molar-refractivity contribution in [3.05, 3.63) is 94.0 Å². The van der Waals surface area contributed by atoms with Crippen molar-refractivity contribution in [3.63, 3.8) is 0 Å². The first-order chi connectivity index (χ1) is 12.6. The Kier molecular flexibility index (Phi) is 4.64. The maximum absolute atomic E-state index is 6.07. The monoisotopic (exact) mass is 386 g/mol. The van der Waals surface area contributed by atoms with E-state index in [9.17, 15) is 0 Å². The molecule has 0 saturated carbocycles. The Hall–Kier alpha value is -2.40. The predicted molar refractivity (Wildman–Crippen MR) is 102 cm³/mol. The van der Waals surface area contributed by atoms with Crippen LogP contribution in [0.4, 0.5) is 0 Å². The molecule has 1 unspecified atom stereocenters. The molecule has 1 aliphatic heterocycles. The van der Waals surface area contributed by atoms with E-state index in [0.717, 1.165) is 22.6 Å². The SMILES string of the molecule is NC1=CC(c2ccc(-c3cccc(Cl)c3)o2)N(Cc2cccc(Cl)c2)O1. The maximum Gasteiger partial charge on any atom is 0.207 e. The summed E-state index contributed by atoms with van der Waals surface area (Å²) in [7, 11) is 0. The van der Waals surface area contributed by atoms with E-state index in [2.05, 4.69) is 0 Å². The van der Waals surface area contributed by atoms with Crippen LogP contribution < -0.4 is 5.73 Å². The zero-order chi connectivity index (χ0) is 18.1. The molecule has 0 aliphatic carbocycles. The van der Waals surface area contributed by atoms with Crippen LogP contribution >= 0.6 is 23.2 Å². The highest BCUT2D eigenvalue weighted by Crippen LogP contribution is 2.35. The van der Waals surface area contributed by atoms with Crippen LogP contribution in [0.25, 0.3) is 11.3 Å². The summed E-state index contributed by atoms with van der Waals surface area (Å²) in [5.41, 5.74) is 7.82. The smallest absolute Gasteiger partial charge is 0.207 e. The molecular formula is C20H16Cl2N2O2. The van der Waals surface area contributed by atoms with Gasteiger partial charge in [-0.05, 0) is 42.0 Å². The van der Waals surface area contributed by atoms with Crippen molar-refractivity contribution in [2.45, 2.75) is 12.6 Å². The van der Waals surface area contributed by atoms with Crippen molar-refractivity contribution in [1.29, 1.82) is 0 Å². The molecule has 0 spiro atoms. The Labute approximate surface area is 161 Å². The van der Waals surface area contributed by atoms with Gasteiger partial charge in [0.15, 0.2) is 0 Å². The van der Waals surface area contributed by atoms with Crippen LogP contribution in [0, 0.1) is 0 Å². The van der Waals surface area contributed by atoms with Gasteiger partial charge < -0.3 is 15.0 Å². The molecule has 0 amide bonds. The molecule has 2 N–H and O–H groups in total. The molecule has 1 atom stereocenters. The number of rotatable bonds is 4. The van der Waals surface area contributed by atoms with Crippen molar-refractivity contribution in [2.75, 3.05) is 0 Å². The van der Waals surface area contributed by atoms with Crippen LogP contribution in [-0.2, 0) is 11.4 Å². The quantitative estimate of drug-likeness (QED) is 0.639. The largest absolute Gasteiger partial charge is 0.459 e. The number of nitrogens with two attached hydrogens (primary N) is 1. The topological polar surface area (TPSA) is 51.6 Å². The fraction of sp³-hybridized carbons (Fsp3) is 0.100. The van der Waals surface area contributed by atoms with Gasteiger partial charge in [0.25, 0.3) is 0 Å². The second kappa shape index (κ2) is 7.08. The number of halogens is 2. The minimum absolute atomic E-state index is 0.220. The van der Waals surface area contributed by atoms with E-state index in [1.54, 1.807) is 5.06 Å². The minimum atomic E-state index is -0.220. The Bertz CT molecular complexity index is 968. The molecule has 1 aromatic heterocycles. The molecule has 2 heterocycles. The summed E-state index contributed by atoms with van der Waals surface area (Å²) < 4.78 is 6.04. The first-order valence-electron chi connectivity index (χ1n) is 8.10. The van der Waals surface area contributed by atoms with Crippen LogP contribution in [-0.4, -0.2) is 5.06 Å². The van der Waals surface area contributed by atoms with Gasteiger partial charge in [-0.25, -0.2) is 0 Å². The summed E-state index contributed by atoms with van der Waals surface area (Å²) in [6.45, 7) is 0.523. The number of hydrogen-bond donors (Lipinski definition) is 1. The zero-order valence-electron chi connectivity index (χ0n) is 13.7. The van der Waals surface area contributed by atoms with E-state index >= 15 is 0 Å². The number of furan rings is 1. The number of hydroxylamine groups is 2. The Balaban J connectivity index is 1.59. The van der Waals surface area contributed by atoms with Gasteiger partial charge in [0.1, 0.15) is 17.6 Å². The lowest BCUT2D eigenvalue weighted by Crippen LogP contribution is -2.23. The third-order valence-corrected chi connectivity index (χ3v) is 4.58. The fourth-order valence-corrected chi connectivity index (χ4v) is 3.34. The Morgan fingerprint density at radius 3 is 2.50 bits per heavy atom. The van der Waals surface area contributed by atoms with Gasteiger partial charge in [-0.1, -0.05) is 47.5 Å². The lowest BCUT2D eigenvalue weighted by atomic mass is 10.1. The van der Waals surface area contributed by atoms with Crippen molar-refractivity contribution < 1.29 is 9.25 Å². The number of hydrogen-bond acceptors (Lipinski definition) is 4. The fourth-order valence-electron chi connectivity index (χ4n) is 2.94. The molecule has 132 valence electrons. The Morgan fingerprint density at radius 2 is 1.73 bits per heavy atom. The molecule has 0 fully saturated rings. The van der Waals surface area contributed by atoms with Crippen molar-refractivity contribution in [1.82, 2.24) is 5.06 Å². The van der Waals surface area contributed by atoms with Crippen LogP contribution in [0.3, 0.4) is 0 Å². The second-order valence-corrected chi connectivity index (χ2v) is 6.90. The number of nitrogens with zero attached hydrogens (tertiary/aromatic N) is 1. The molecular weight excluding hydrogens is 371 g/mol. The van der Waals surface area contributed by atoms with Gasteiger partial charge in [0, 0.05) is 21.7 Å². The van der Waals surface area contributed by atoms with Crippen molar-refractivity contribution in [3.8, 4) is 11.3 Å². The van der Waals surface area contributed by atoms with E-state index in [4.69, 9.17) is 38.2 Å². The van der Waals surface area contributed by atoms with Gasteiger partial charge >= 0.3 is 0 Å². The average molecular weight is 387 g/mol. The first kappa shape index (κ1) is 17.0. The van der Waals surface area contributed by atoms with Crippen LogP contribution in [0.15, 0.2) is 77.0 Å². The summed E-state index contributed by atoms with van der Waals surface area (Å²) in [4.78, 5) is 5.65. The molecule has 0 bridgehead atoms. The summed E-state index contributed by atoms with van der Waals surface area (Å²) >= 11 is 12.1. The minimum Gasteiger partial charge on any atom is -0.459 e. The third-order valence-electron chi connectivity index (χ3n) is 4.11. The summed E-state index contributed by atoms with van der Waals surface area (Å²) in [5.74, 6) is 1.82. The van der Waals surface area contributed by atoms with E-state index in [1.807, 2.05) is 66.7 Å². The lowest BCUT2D eigenvalue weighted by molar-refractivity contribution is -0.131. The summed E-state index contributed by atoms with van der Waals surface area (Å²) in [6.07, 6.45) is 1.82. The molecule has 3 aromatic rings. The summed E-state index contributed by atoms with van der Waals surface area (Å²) in [5, 5.41) is 3.11. The van der Waals surface area contributed by atoms with Crippen LogP contribution in [0.1, 0.15) is 17.4 Å². The van der Waals surface area contributed by atoms with E-state index in [0.29, 0.717) is 22.5 Å². The van der Waals surface area contributed by atoms with Gasteiger partial charge in [0.05, 0.1) is 6.54 Å². The normalized spacial score (nSPS) is 17.2. The average Bonchev–Trinajstić information content (AvgIpc) is 3.22. The lowest BCUT2D eigenvalue weighted by Gasteiger charge is -2.21. The highest BCUT2D eigenvalue weighted by atomic mass is 35.5. The summed E-state index contributed by atoms with van der Waals surface area (Å²) in [6, 6.07) is 18.8. The molecule has 6 heteroatoms. The highest BCUT2D eigenvalue weighted by molar-refractivity contribution is 6.31. The van der Waals surface area contributed by atoms with E-state index in [-0.39, 0.29) is 6.04 Å². The van der Waals surface area contributed by atoms with Crippen molar-refractivity contribution in [2.24, 2.45) is 5.73 Å². The van der Waals surface area contributed by atoms with Crippen LogP contribution in [0.5, 0.6) is 0 Å². The van der Waals surface area contributed by atoms with Gasteiger partial charge in [-0.15, -0.1) is 5.06 Å². The van der Waals surface area contributed by atoms with E-state index < -0.39 is 0 Å². The predicted octanol–water partition coefficient (Wildman–Crippen LogP) is 5.54. The van der Waals surface area contributed by atoms with Gasteiger partial charge in [0.2, 0.25) is 5.88 Å².